The lowest BCUT2D eigenvalue weighted by Crippen LogP contribution is -2.23. The molecule has 0 bridgehead atoms. The fraction of sp³-hybridized carbons (Fsp3) is 0.250. The van der Waals surface area contributed by atoms with Crippen molar-refractivity contribution in [2.24, 2.45) is 0 Å². The van der Waals surface area contributed by atoms with Crippen LogP contribution in [0, 0.1) is 13.8 Å². The number of fused-ring (bicyclic) bond motifs is 3. The molecule has 0 aliphatic rings. The Labute approximate surface area is 168 Å². The lowest BCUT2D eigenvalue weighted by atomic mass is 10.2. The van der Waals surface area contributed by atoms with Crippen LogP contribution in [0.1, 0.15) is 11.4 Å². The molecule has 2 heterocycles. The van der Waals surface area contributed by atoms with Gasteiger partial charge in [0.2, 0.25) is 0 Å². The van der Waals surface area contributed by atoms with Crippen molar-refractivity contribution in [3.63, 3.8) is 0 Å². The molecule has 1 atom stereocenters. The third kappa shape index (κ3) is 3.21. The van der Waals surface area contributed by atoms with Crippen LogP contribution in [0.4, 0.5) is 0 Å². The third-order valence-electron chi connectivity index (χ3n) is 4.67. The van der Waals surface area contributed by atoms with Crippen molar-refractivity contribution in [1.29, 1.82) is 0 Å². The van der Waals surface area contributed by atoms with Crippen LogP contribution in [-0.4, -0.2) is 25.6 Å². The van der Waals surface area contributed by atoms with Crippen LogP contribution in [0.5, 0.6) is 0 Å². The maximum absolute atomic E-state index is 10.7. The molecule has 0 saturated carbocycles. The number of rotatable bonds is 4. The van der Waals surface area contributed by atoms with E-state index in [2.05, 4.69) is 65.8 Å². The van der Waals surface area contributed by atoms with Crippen molar-refractivity contribution in [3.05, 3.63) is 62.8 Å². The number of hydrogen-bond acceptors (Lipinski definition) is 2. The number of aliphatic hydroxyl groups is 1. The van der Waals surface area contributed by atoms with Gasteiger partial charge in [0.25, 0.3) is 0 Å². The molecule has 1 unspecified atom stereocenters. The number of nitrogens with zero attached hydrogens (tertiary/aromatic N) is 3. The van der Waals surface area contributed by atoms with Crippen molar-refractivity contribution in [2.45, 2.75) is 33.0 Å². The first-order valence-corrected chi connectivity index (χ1v) is 10.1. The molecule has 1 N–H and O–H groups in total. The zero-order valence-corrected chi connectivity index (χ0v) is 17.7. The van der Waals surface area contributed by atoms with E-state index in [-0.39, 0.29) is 0 Å². The Morgan fingerprint density at radius 3 is 2.00 bits per heavy atom. The molecule has 4 nitrogen and oxygen atoms in total. The van der Waals surface area contributed by atoms with Gasteiger partial charge in [-0.25, -0.2) is 0 Å². The van der Waals surface area contributed by atoms with Gasteiger partial charge in [-0.2, -0.15) is 5.10 Å². The number of hydrogen-bond donors (Lipinski definition) is 1. The number of aryl methyl sites for hydroxylation is 2. The molecule has 4 aromatic rings. The first-order valence-electron chi connectivity index (χ1n) is 8.48. The Kier molecular flexibility index (Phi) is 4.67. The predicted octanol–water partition coefficient (Wildman–Crippen LogP) is 5.19. The SMILES string of the molecule is Cc1cc(C)n(CC(O)Cn2c3ccc(Br)cc3c3cc(Br)ccc32)n1. The molecule has 0 saturated heterocycles. The number of aliphatic hydroxyl groups excluding tert-OH is 1. The molecule has 0 radical (unpaired) electrons. The van der Waals surface area contributed by atoms with E-state index >= 15 is 0 Å². The van der Waals surface area contributed by atoms with Gasteiger partial charge < -0.3 is 9.67 Å². The Balaban J connectivity index is 1.76. The minimum atomic E-state index is -0.529. The number of benzene rings is 2. The lowest BCUT2D eigenvalue weighted by molar-refractivity contribution is 0.132. The van der Waals surface area contributed by atoms with E-state index in [9.17, 15) is 5.11 Å². The summed E-state index contributed by atoms with van der Waals surface area (Å²) in [6, 6.07) is 14.6. The van der Waals surface area contributed by atoms with E-state index in [0.29, 0.717) is 13.1 Å². The van der Waals surface area contributed by atoms with Gasteiger partial charge >= 0.3 is 0 Å². The second-order valence-electron chi connectivity index (χ2n) is 6.70. The van der Waals surface area contributed by atoms with E-state index in [1.165, 1.54) is 10.8 Å². The smallest absolute Gasteiger partial charge is 0.0914 e. The van der Waals surface area contributed by atoms with Crippen LogP contribution in [0.15, 0.2) is 51.4 Å². The molecule has 26 heavy (non-hydrogen) atoms. The van der Waals surface area contributed by atoms with Gasteiger partial charge in [-0.15, -0.1) is 0 Å². The summed E-state index contributed by atoms with van der Waals surface area (Å²) >= 11 is 7.14. The molecular weight excluding hydrogens is 458 g/mol. The van der Waals surface area contributed by atoms with Gasteiger partial charge in [-0.1, -0.05) is 31.9 Å². The molecule has 0 aliphatic heterocycles. The van der Waals surface area contributed by atoms with Gasteiger partial charge in [0, 0.05) is 36.4 Å². The maximum atomic E-state index is 10.7. The Hall–Kier alpha value is -1.63. The Morgan fingerprint density at radius 1 is 0.923 bits per heavy atom. The zero-order valence-electron chi connectivity index (χ0n) is 14.6. The van der Waals surface area contributed by atoms with Crippen molar-refractivity contribution in [2.75, 3.05) is 0 Å². The summed E-state index contributed by atoms with van der Waals surface area (Å²) in [5.74, 6) is 0. The molecule has 4 rings (SSSR count). The van der Waals surface area contributed by atoms with Crippen LogP contribution in [0.25, 0.3) is 21.8 Å². The van der Waals surface area contributed by atoms with E-state index in [1.54, 1.807) is 0 Å². The minimum Gasteiger partial charge on any atom is -0.389 e. The van der Waals surface area contributed by atoms with Crippen molar-refractivity contribution in [1.82, 2.24) is 14.3 Å². The summed E-state index contributed by atoms with van der Waals surface area (Å²) < 4.78 is 6.17. The summed E-state index contributed by atoms with van der Waals surface area (Å²) in [4.78, 5) is 0. The Morgan fingerprint density at radius 2 is 1.50 bits per heavy atom. The molecule has 2 aromatic heterocycles. The second-order valence-corrected chi connectivity index (χ2v) is 8.53. The van der Waals surface area contributed by atoms with Crippen LogP contribution >= 0.6 is 31.9 Å². The van der Waals surface area contributed by atoms with Crippen molar-refractivity contribution >= 4 is 53.7 Å². The third-order valence-corrected chi connectivity index (χ3v) is 5.66. The zero-order chi connectivity index (χ0) is 18.4. The molecule has 0 aliphatic carbocycles. The molecule has 134 valence electrons. The van der Waals surface area contributed by atoms with Gasteiger partial charge in [0.05, 0.1) is 24.9 Å². The van der Waals surface area contributed by atoms with Crippen molar-refractivity contribution in [3.8, 4) is 0 Å². The normalized spacial score (nSPS) is 13.0. The highest BCUT2D eigenvalue weighted by atomic mass is 79.9. The molecule has 0 spiro atoms. The highest BCUT2D eigenvalue weighted by Crippen LogP contribution is 2.33. The summed E-state index contributed by atoms with van der Waals surface area (Å²) in [6.45, 7) is 4.98. The van der Waals surface area contributed by atoms with Crippen LogP contribution in [0.3, 0.4) is 0 Å². The molecule has 0 fully saturated rings. The van der Waals surface area contributed by atoms with E-state index < -0.39 is 6.10 Å². The van der Waals surface area contributed by atoms with Crippen LogP contribution in [-0.2, 0) is 13.1 Å². The lowest BCUT2D eigenvalue weighted by Gasteiger charge is -2.15. The monoisotopic (exact) mass is 475 g/mol. The van der Waals surface area contributed by atoms with Crippen molar-refractivity contribution < 1.29 is 5.11 Å². The fourth-order valence-electron chi connectivity index (χ4n) is 3.57. The van der Waals surface area contributed by atoms with Gasteiger partial charge in [-0.3, -0.25) is 4.68 Å². The highest BCUT2D eigenvalue weighted by molar-refractivity contribution is 9.10. The number of aromatic nitrogens is 3. The standard InChI is InChI=1S/C20H19Br2N3O/c1-12-7-13(2)25(23-12)11-16(26)10-24-19-5-3-14(21)8-17(19)18-9-15(22)4-6-20(18)24/h3-9,16,26H,10-11H2,1-2H3. The summed E-state index contributed by atoms with van der Waals surface area (Å²) in [5, 5.41) is 17.5. The number of halogens is 2. The summed E-state index contributed by atoms with van der Waals surface area (Å²) in [5.41, 5.74) is 4.28. The summed E-state index contributed by atoms with van der Waals surface area (Å²) in [6.07, 6.45) is -0.529. The average molecular weight is 477 g/mol. The maximum Gasteiger partial charge on any atom is 0.0914 e. The highest BCUT2D eigenvalue weighted by Gasteiger charge is 2.16. The van der Waals surface area contributed by atoms with Crippen LogP contribution in [0.2, 0.25) is 0 Å². The molecular formula is C20H19Br2N3O. The molecule has 0 amide bonds. The molecule has 6 heteroatoms. The first-order chi connectivity index (χ1) is 12.4. The van der Waals surface area contributed by atoms with Crippen LogP contribution < -0.4 is 0 Å². The topological polar surface area (TPSA) is 43.0 Å². The van der Waals surface area contributed by atoms with E-state index in [1.807, 2.05) is 36.7 Å². The Bertz CT molecular complexity index is 1050. The fourth-order valence-corrected chi connectivity index (χ4v) is 4.30. The predicted molar refractivity (Wildman–Crippen MR) is 113 cm³/mol. The van der Waals surface area contributed by atoms with Gasteiger partial charge in [0.15, 0.2) is 0 Å². The largest absolute Gasteiger partial charge is 0.389 e. The summed E-state index contributed by atoms with van der Waals surface area (Å²) in [7, 11) is 0. The quantitative estimate of drug-likeness (QED) is 0.440. The van der Waals surface area contributed by atoms with E-state index in [4.69, 9.17) is 0 Å². The first kappa shape index (κ1) is 17.8. The second kappa shape index (κ2) is 6.83. The van der Waals surface area contributed by atoms with E-state index in [0.717, 1.165) is 31.4 Å². The minimum absolute atomic E-state index is 0.480. The molecule has 2 aromatic carbocycles. The van der Waals surface area contributed by atoms with Gasteiger partial charge in [0.1, 0.15) is 0 Å². The average Bonchev–Trinajstić information content (AvgIpc) is 3.04. The van der Waals surface area contributed by atoms with Gasteiger partial charge in [-0.05, 0) is 56.3 Å².